The van der Waals surface area contributed by atoms with Gasteiger partial charge in [0.15, 0.2) is 11.5 Å². The number of anilines is 1. The fraction of sp³-hybridized carbons (Fsp3) is 0.381. The first kappa shape index (κ1) is 17.8. The molecule has 0 aromatic heterocycles. The first-order chi connectivity index (χ1) is 13.1. The van der Waals surface area contributed by atoms with E-state index >= 15 is 0 Å². The smallest absolute Gasteiger partial charge is 0.387 e. The number of hydrogen-bond acceptors (Lipinski definition) is 3. The van der Waals surface area contributed by atoms with Gasteiger partial charge in [-0.05, 0) is 66.5 Å². The summed E-state index contributed by atoms with van der Waals surface area (Å²) in [5, 5.41) is 2.86. The first-order valence-corrected chi connectivity index (χ1v) is 9.19. The highest BCUT2D eigenvalue weighted by atomic mass is 19.3. The lowest BCUT2D eigenvalue weighted by Gasteiger charge is -2.14. The summed E-state index contributed by atoms with van der Waals surface area (Å²) in [4.78, 5) is 11.6. The molecule has 2 aliphatic rings. The van der Waals surface area contributed by atoms with Gasteiger partial charge in [-0.25, -0.2) is 0 Å². The van der Waals surface area contributed by atoms with Crippen molar-refractivity contribution in [3.8, 4) is 11.5 Å². The number of carbonyl (C=O) groups is 1. The van der Waals surface area contributed by atoms with E-state index in [1.807, 2.05) is 18.2 Å². The summed E-state index contributed by atoms with van der Waals surface area (Å²) in [6.07, 6.45) is 4.13. The van der Waals surface area contributed by atoms with Crippen LogP contribution in [0.3, 0.4) is 0 Å². The molecule has 1 aliphatic heterocycles. The summed E-state index contributed by atoms with van der Waals surface area (Å²) in [6.45, 7) is -2.35. The molecule has 0 radical (unpaired) electrons. The van der Waals surface area contributed by atoms with E-state index in [0.29, 0.717) is 24.7 Å². The van der Waals surface area contributed by atoms with Crippen LogP contribution in [-0.2, 0) is 24.1 Å². The van der Waals surface area contributed by atoms with Crippen LogP contribution < -0.4 is 14.8 Å². The van der Waals surface area contributed by atoms with Crippen LogP contribution >= 0.6 is 0 Å². The maximum absolute atomic E-state index is 12.6. The highest BCUT2D eigenvalue weighted by Gasteiger charge is 2.23. The molecule has 142 valence electrons. The van der Waals surface area contributed by atoms with Crippen LogP contribution in [0, 0.1) is 5.92 Å². The molecule has 2 aromatic carbocycles. The second-order valence-electron chi connectivity index (χ2n) is 7.08. The highest BCUT2D eigenvalue weighted by Crippen LogP contribution is 2.34. The average molecular weight is 373 g/mol. The lowest BCUT2D eigenvalue weighted by atomic mass is 9.98. The van der Waals surface area contributed by atoms with Crippen molar-refractivity contribution >= 4 is 11.6 Å². The van der Waals surface area contributed by atoms with Crippen molar-refractivity contribution < 1.29 is 23.0 Å². The van der Waals surface area contributed by atoms with Gasteiger partial charge in [-0.3, -0.25) is 4.79 Å². The van der Waals surface area contributed by atoms with E-state index in [-0.39, 0.29) is 11.7 Å². The molecule has 4 rings (SSSR count). The van der Waals surface area contributed by atoms with Gasteiger partial charge in [-0.1, -0.05) is 18.2 Å². The van der Waals surface area contributed by atoms with Crippen molar-refractivity contribution in [1.82, 2.24) is 0 Å². The Kier molecular flexibility index (Phi) is 4.97. The third kappa shape index (κ3) is 4.38. The molecule has 1 N–H and O–H groups in total. The number of carbonyl (C=O) groups excluding carboxylic acids is 1. The maximum atomic E-state index is 12.6. The van der Waals surface area contributed by atoms with Gasteiger partial charge in [0.2, 0.25) is 5.91 Å². The Bertz CT molecular complexity index is 849. The number of alkyl halides is 2. The molecular weight excluding hydrogens is 352 g/mol. The van der Waals surface area contributed by atoms with Gasteiger partial charge in [-0.15, -0.1) is 0 Å². The number of rotatable bonds is 8. The number of amides is 1. The molecule has 1 amide bonds. The first-order valence-electron chi connectivity index (χ1n) is 9.19. The molecule has 0 unspecified atom stereocenters. The maximum Gasteiger partial charge on any atom is 0.387 e. The average Bonchev–Trinajstić information content (AvgIpc) is 3.38. The van der Waals surface area contributed by atoms with Crippen molar-refractivity contribution in [3.63, 3.8) is 0 Å². The summed E-state index contributed by atoms with van der Waals surface area (Å²) < 4.78 is 35.6. The van der Waals surface area contributed by atoms with Gasteiger partial charge in [0, 0.05) is 5.69 Å². The largest absolute Gasteiger partial charge is 0.489 e. The highest BCUT2D eigenvalue weighted by molar-refractivity contribution is 5.99. The third-order valence-corrected chi connectivity index (χ3v) is 4.96. The number of hydrogen-bond donors (Lipinski definition) is 1. The van der Waals surface area contributed by atoms with Crippen molar-refractivity contribution in [2.45, 2.75) is 38.7 Å². The fourth-order valence-corrected chi connectivity index (χ4v) is 3.33. The predicted octanol–water partition coefficient (Wildman–Crippen LogP) is 4.36. The van der Waals surface area contributed by atoms with E-state index in [9.17, 15) is 13.6 Å². The van der Waals surface area contributed by atoms with E-state index in [4.69, 9.17) is 4.74 Å². The Labute approximate surface area is 156 Å². The zero-order chi connectivity index (χ0) is 18.8. The SMILES string of the molecule is O=C1Cc2c(CCc3ccc(OC(F)F)c(OCC4CC4)c3)cccc2N1. The number of fused-ring (bicyclic) bond motifs is 1. The molecule has 27 heavy (non-hydrogen) atoms. The Morgan fingerprint density at radius 3 is 2.74 bits per heavy atom. The van der Waals surface area contributed by atoms with Gasteiger partial charge >= 0.3 is 6.61 Å². The van der Waals surface area contributed by atoms with Crippen LogP contribution in [0.15, 0.2) is 36.4 Å². The Hall–Kier alpha value is -2.63. The Balaban J connectivity index is 1.48. The summed E-state index contributed by atoms with van der Waals surface area (Å²) in [5.41, 5.74) is 4.04. The normalized spacial score (nSPS) is 15.6. The zero-order valence-electron chi connectivity index (χ0n) is 14.8. The van der Waals surface area contributed by atoms with Crippen molar-refractivity contribution in [2.75, 3.05) is 11.9 Å². The number of ether oxygens (including phenoxy) is 2. The molecule has 4 nitrogen and oxygen atoms in total. The van der Waals surface area contributed by atoms with Gasteiger partial charge in [0.25, 0.3) is 0 Å². The van der Waals surface area contributed by atoms with Crippen molar-refractivity contribution in [2.24, 2.45) is 5.92 Å². The molecule has 1 saturated carbocycles. The molecule has 6 heteroatoms. The van der Waals surface area contributed by atoms with E-state index in [2.05, 4.69) is 10.1 Å². The second kappa shape index (κ2) is 7.55. The zero-order valence-corrected chi connectivity index (χ0v) is 14.8. The van der Waals surface area contributed by atoms with Crippen molar-refractivity contribution in [3.05, 3.63) is 53.1 Å². The van der Waals surface area contributed by atoms with Gasteiger partial charge in [0.1, 0.15) is 0 Å². The van der Waals surface area contributed by atoms with E-state index < -0.39 is 6.61 Å². The van der Waals surface area contributed by atoms with Crippen LogP contribution in [0.4, 0.5) is 14.5 Å². The second-order valence-corrected chi connectivity index (χ2v) is 7.08. The minimum Gasteiger partial charge on any atom is -0.489 e. The summed E-state index contributed by atoms with van der Waals surface area (Å²) in [7, 11) is 0. The lowest BCUT2D eigenvalue weighted by molar-refractivity contribution is -0.115. The third-order valence-electron chi connectivity index (χ3n) is 4.96. The van der Waals surface area contributed by atoms with Crippen molar-refractivity contribution in [1.29, 1.82) is 0 Å². The van der Waals surface area contributed by atoms with Crippen LogP contribution in [0.1, 0.15) is 29.5 Å². The molecule has 1 heterocycles. The fourth-order valence-electron chi connectivity index (χ4n) is 3.33. The Morgan fingerprint density at radius 2 is 1.96 bits per heavy atom. The molecular formula is C21H21F2NO3. The number of halogens is 2. The molecule has 0 saturated heterocycles. The summed E-state index contributed by atoms with van der Waals surface area (Å²) >= 11 is 0. The quantitative estimate of drug-likeness (QED) is 0.748. The topological polar surface area (TPSA) is 47.6 Å². The van der Waals surface area contributed by atoms with Crippen LogP contribution in [0.2, 0.25) is 0 Å². The van der Waals surface area contributed by atoms with Crippen LogP contribution in [0.5, 0.6) is 11.5 Å². The molecule has 1 fully saturated rings. The van der Waals surface area contributed by atoms with E-state index in [1.54, 1.807) is 18.2 Å². The van der Waals surface area contributed by atoms with E-state index in [1.165, 1.54) is 0 Å². The monoisotopic (exact) mass is 373 g/mol. The number of aryl methyl sites for hydroxylation is 2. The molecule has 0 atom stereocenters. The number of benzene rings is 2. The summed E-state index contributed by atoms with van der Waals surface area (Å²) in [5.74, 6) is 0.978. The van der Waals surface area contributed by atoms with Gasteiger partial charge < -0.3 is 14.8 Å². The van der Waals surface area contributed by atoms with Gasteiger partial charge in [-0.2, -0.15) is 8.78 Å². The summed E-state index contributed by atoms with van der Waals surface area (Å²) in [6, 6.07) is 11.0. The molecule has 2 aromatic rings. The van der Waals surface area contributed by atoms with Crippen LogP contribution in [-0.4, -0.2) is 19.1 Å². The Morgan fingerprint density at radius 1 is 1.11 bits per heavy atom. The number of nitrogens with one attached hydrogen (secondary N) is 1. The van der Waals surface area contributed by atoms with Gasteiger partial charge in [0.05, 0.1) is 13.0 Å². The molecule has 0 bridgehead atoms. The minimum atomic E-state index is -2.88. The lowest BCUT2D eigenvalue weighted by Crippen LogP contribution is -2.07. The van der Waals surface area contributed by atoms with E-state index in [0.717, 1.165) is 48.1 Å². The molecule has 1 aliphatic carbocycles. The predicted molar refractivity (Wildman–Crippen MR) is 97.5 cm³/mol. The molecule has 0 spiro atoms. The minimum absolute atomic E-state index is 0.0155. The van der Waals surface area contributed by atoms with Crippen LogP contribution in [0.25, 0.3) is 0 Å². The standard InChI is InChI=1S/C21H21F2NO3/c22-21(23)27-18-9-7-13(10-19(18)26-12-14-4-5-14)6-8-15-2-1-3-17-16(15)11-20(25)24-17/h1-3,7,9-10,14,21H,4-6,8,11-12H2,(H,24,25).